The molecule has 3 heterocycles. The van der Waals surface area contributed by atoms with E-state index in [-0.39, 0.29) is 11.8 Å². The van der Waals surface area contributed by atoms with Gasteiger partial charge in [0.05, 0.1) is 20.8 Å². The minimum Gasteiger partial charge on any atom is -0.373 e. The number of fused-ring (bicyclic) bond motifs is 2. The van der Waals surface area contributed by atoms with Crippen LogP contribution in [0.1, 0.15) is 29.0 Å². The average molecular weight is 414 g/mol. The third-order valence-electron chi connectivity index (χ3n) is 5.05. The molecule has 1 aliphatic carbocycles. The van der Waals surface area contributed by atoms with Gasteiger partial charge in [-0.15, -0.1) is 11.3 Å². The third-order valence-corrected chi connectivity index (χ3v) is 5.98. The lowest BCUT2D eigenvalue weighted by atomic mass is 10.1. The highest BCUT2D eigenvalue weighted by molar-refractivity contribution is 7.18. The summed E-state index contributed by atoms with van der Waals surface area (Å²) in [5.74, 6) is 7.91. The molecule has 4 aromatic rings. The second-order valence-electron chi connectivity index (χ2n) is 7.31. The van der Waals surface area contributed by atoms with Crippen molar-refractivity contribution in [2.75, 3.05) is 17.7 Å². The first kappa shape index (κ1) is 18.5. The lowest BCUT2D eigenvalue weighted by Crippen LogP contribution is -2.14. The summed E-state index contributed by atoms with van der Waals surface area (Å²) in [7, 11) is 1.82. The number of hydrogen-bond acceptors (Lipinski definition) is 6. The van der Waals surface area contributed by atoms with Gasteiger partial charge in [0.25, 0.3) is 0 Å². The van der Waals surface area contributed by atoms with Gasteiger partial charge in [-0.3, -0.25) is 4.79 Å². The van der Waals surface area contributed by atoms with Crippen molar-refractivity contribution in [2.24, 2.45) is 5.92 Å². The molecule has 2 N–H and O–H groups in total. The Morgan fingerprint density at radius 1 is 1.13 bits per heavy atom. The number of carbonyl (C=O) groups is 1. The van der Waals surface area contributed by atoms with E-state index in [1.807, 2.05) is 32.2 Å². The molecule has 6 nitrogen and oxygen atoms in total. The van der Waals surface area contributed by atoms with Crippen LogP contribution in [-0.4, -0.2) is 27.9 Å². The number of rotatable bonds is 3. The summed E-state index contributed by atoms with van der Waals surface area (Å²) in [5.41, 5.74) is 2.71. The number of carbonyl (C=O) groups excluding carboxylic acids is 1. The van der Waals surface area contributed by atoms with E-state index in [0.717, 1.165) is 55.8 Å². The zero-order valence-corrected chi connectivity index (χ0v) is 17.4. The summed E-state index contributed by atoms with van der Waals surface area (Å²) < 4.78 is 1.13. The van der Waals surface area contributed by atoms with E-state index in [9.17, 15) is 4.79 Å². The lowest BCUT2D eigenvalue weighted by Gasteiger charge is -2.09. The number of nitrogens with one attached hydrogen (secondary N) is 2. The quantitative estimate of drug-likeness (QED) is 0.489. The number of thiazole rings is 1. The standard InChI is InChI=1S/C23H19N5OS/c1-13-27-19-8-4-14(9-20(19)30-13)3-5-16-11-26-22(24-2)18-12-25-21(10-17(16)18)28-23(29)15-6-7-15/h4,8-12,15H,6-7H2,1-2H3,(H,24,26)(H,25,28,29). The Labute approximate surface area is 177 Å². The second kappa shape index (κ2) is 7.39. The number of benzene rings is 1. The number of nitrogens with zero attached hydrogens (tertiary/aromatic N) is 3. The van der Waals surface area contributed by atoms with E-state index in [1.54, 1.807) is 23.7 Å². The van der Waals surface area contributed by atoms with Gasteiger partial charge in [0.15, 0.2) is 0 Å². The Bertz CT molecular complexity index is 1360. The van der Waals surface area contributed by atoms with Crippen molar-refractivity contribution >= 4 is 49.9 Å². The van der Waals surface area contributed by atoms with Crippen LogP contribution in [-0.2, 0) is 4.79 Å². The fourth-order valence-electron chi connectivity index (χ4n) is 3.33. The zero-order valence-electron chi connectivity index (χ0n) is 16.6. The van der Waals surface area contributed by atoms with Crippen LogP contribution in [0.3, 0.4) is 0 Å². The van der Waals surface area contributed by atoms with Crippen LogP contribution >= 0.6 is 11.3 Å². The van der Waals surface area contributed by atoms with Gasteiger partial charge in [0.1, 0.15) is 11.6 Å². The van der Waals surface area contributed by atoms with Crippen molar-refractivity contribution in [2.45, 2.75) is 19.8 Å². The predicted octanol–water partition coefficient (Wildman–Crippen LogP) is 4.34. The normalized spacial score (nSPS) is 13.1. The third kappa shape index (κ3) is 3.58. The first-order chi connectivity index (χ1) is 14.6. The Hall–Kier alpha value is -3.50. The molecule has 1 saturated carbocycles. The highest BCUT2D eigenvalue weighted by atomic mass is 32.1. The van der Waals surface area contributed by atoms with Gasteiger partial charge < -0.3 is 10.6 Å². The van der Waals surface area contributed by atoms with Crippen LogP contribution in [0.2, 0.25) is 0 Å². The summed E-state index contributed by atoms with van der Waals surface area (Å²) in [4.78, 5) is 25.5. The maximum atomic E-state index is 12.1. The molecule has 5 rings (SSSR count). The molecule has 3 aromatic heterocycles. The summed E-state index contributed by atoms with van der Waals surface area (Å²) in [5, 5.41) is 8.81. The molecule has 0 spiro atoms. The Morgan fingerprint density at radius 2 is 2.00 bits per heavy atom. The van der Waals surface area contributed by atoms with Gasteiger partial charge in [-0.2, -0.15) is 0 Å². The van der Waals surface area contributed by atoms with Gasteiger partial charge in [-0.05, 0) is 44.0 Å². The maximum Gasteiger partial charge on any atom is 0.228 e. The first-order valence-electron chi connectivity index (χ1n) is 9.77. The van der Waals surface area contributed by atoms with Gasteiger partial charge in [0, 0.05) is 41.7 Å². The summed E-state index contributed by atoms with van der Waals surface area (Å²) in [6.07, 6.45) is 5.39. The Balaban J connectivity index is 1.55. The van der Waals surface area contributed by atoms with Crippen molar-refractivity contribution in [1.29, 1.82) is 0 Å². The molecule has 7 heteroatoms. The van der Waals surface area contributed by atoms with Crippen molar-refractivity contribution in [3.8, 4) is 11.8 Å². The fourth-order valence-corrected chi connectivity index (χ4v) is 4.20. The number of aryl methyl sites for hydroxylation is 1. The molecule has 0 aliphatic heterocycles. The molecule has 0 bridgehead atoms. The van der Waals surface area contributed by atoms with E-state index in [2.05, 4.69) is 43.5 Å². The van der Waals surface area contributed by atoms with Crippen molar-refractivity contribution in [1.82, 2.24) is 15.0 Å². The first-order valence-corrected chi connectivity index (χ1v) is 10.6. The predicted molar refractivity (Wildman–Crippen MR) is 121 cm³/mol. The molecule has 1 aromatic carbocycles. The SMILES string of the molecule is CNc1ncc(C#Cc2ccc3nc(C)sc3c2)c2cc(NC(=O)C3CC3)ncc12. The monoisotopic (exact) mass is 413 g/mol. The average Bonchev–Trinajstić information content (AvgIpc) is 3.53. The number of pyridine rings is 2. The fraction of sp³-hybridized carbons (Fsp3) is 0.217. The Morgan fingerprint density at radius 3 is 2.80 bits per heavy atom. The molecule has 0 radical (unpaired) electrons. The van der Waals surface area contributed by atoms with Crippen LogP contribution in [0.4, 0.5) is 11.6 Å². The molecule has 0 atom stereocenters. The van der Waals surface area contributed by atoms with Gasteiger partial charge >= 0.3 is 0 Å². The van der Waals surface area contributed by atoms with Gasteiger partial charge in [-0.25, -0.2) is 15.0 Å². The largest absolute Gasteiger partial charge is 0.373 e. The number of anilines is 2. The van der Waals surface area contributed by atoms with Crippen LogP contribution < -0.4 is 10.6 Å². The molecule has 30 heavy (non-hydrogen) atoms. The van der Waals surface area contributed by atoms with E-state index in [0.29, 0.717) is 5.82 Å². The highest BCUT2D eigenvalue weighted by Gasteiger charge is 2.29. The van der Waals surface area contributed by atoms with E-state index in [1.165, 1.54) is 0 Å². The molecule has 1 fully saturated rings. The minimum absolute atomic E-state index is 0.0329. The zero-order chi connectivity index (χ0) is 20.7. The lowest BCUT2D eigenvalue weighted by molar-refractivity contribution is -0.117. The highest BCUT2D eigenvalue weighted by Crippen LogP contribution is 2.31. The van der Waals surface area contributed by atoms with Crippen LogP contribution in [0.5, 0.6) is 0 Å². The van der Waals surface area contributed by atoms with Gasteiger partial charge in [-0.1, -0.05) is 11.8 Å². The molecule has 0 unspecified atom stereocenters. The topological polar surface area (TPSA) is 79.8 Å². The minimum atomic E-state index is 0.0329. The molecular weight excluding hydrogens is 394 g/mol. The summed E-state index contributed by atoms with van der Waals surface area (Å²) in [6.45, 7) is 2.00. The van der Waals surface area contributed by atoms with Gasteiger partial charge in [0.2, 0.25) is 5.91 Å². The molecule has 1 amide bonds. The van der Waals surface area contributed by atoms with Crippen LogP contribution in [0.15, 0.2) is 36.7 Å². The number of aromatic nitrogens is 3. The summed E-state index contributed by atoms with van der Waals surface area (Å²) >= 11 is 1.66. The van der Waals surface area contributed by atoms with Crippen LogP contribution in [0, 0.1) is 24.7 Å². The maximum absolute atomic E-state index is 12.1. The number of hydrogen-bond donors (Lipinski definition) is 2. The van der Waals surface area contributed by atoms with E-state index >= 15 is 0 Å². The van der Waals surface area contributed by atoms with Crippen molar-refractivity contribution in [3.63, 3.8) is 0 Å². The molecule has 0 saturated heterocycles. The number of amides is 1. The van der Waals surface area contributed by atoms with Crippen molar-refractivity contribution < 1.29 is 4.79 Å². The summed E-state index contributed by atoms with van der Waals surface area (Å²) in [6, 6.07) is 7.92. The molecular formula is C23H19N5OS. The van der Waals surface area contributed by atoms with Crippen LogP contribution in [0.25, 0.3) is 21.0 Å². The second-order valence-corrected chi connectivity index (χ2v) is 8.55. The molecule has 1 aliphatic rings. The Kier molecular flexibility index (Phi) is 4.57. The van der Waals surface area contributed by atoms with E-state index in [4.69, 9.17) is 0 Å². The van der Waals surface area contributed by atoms with Crippen molar-refractivity contribution in [3.05, 3.63) is 52.8 Å². The van der Waals surface area contributed by atoms with E-state index < -0.39 is 0 Å². The smallest absolute Gasteiger partial charge is 0.228 e. The molecule has 148 valence electrons.